The number of nitrogens with zero attached hydrogens (tertiary/aromatic N) is 1. The van der Waals surface area contributed by atoms with E-state index in [4.69, 9.17) is 21.3 Å². The van der Waals surface area contributed by atoms with Crippen LogP contribution in [0.4, 0.5) is 0 Å². The van der Waals surface area contributed by atoms with Crippen molar-refractivity contribution in [3.05, 3.63) is 95.0 Å². The van der Waals surface area contributed by atoms with E-state index in [0.717, 1.165) is 33.5 Å². The van der Waals surface area contributed by atoms with E-state index < -0.39 is 0 Å². The van der Waals surface area contributed by atoms with Gasteiger partial charge in [0.05, 0.1) is 29.9 Å². The topological polar surface area (TPSA) is 51.2 Å². The molecule has 0 aliphatic carbocycles. The molecule has 0 aliphatic rings. The Hall–Kier alpha value is -3.37. The first-order valence-electron chi connectivity index (χ1n) is 9.65. The molecule has 4 rings (SSSR count). The Morgan fingerprint density at radius 1 is 1.00 bits per heavy atom. The van der Waals surface area contributed by atoms with Gasteiger partial charge in [-0.3, -0.25) is 4.79 Å². The van der Waals surface area contributed by atoms with Crippen LogP contribution < -0.4 is 10.1 Å². The summed E-state index contributed by atoms with van der Waals surface area (Å²) in [7, 11) is 1.63. The summed E-state index contributed by atoms with van der Waals surface area (Å²) in [6, 6.07) is 24.5. The van der Waals surface area contributed by atoms with Gasteiger partial charge < -0.3 is 10.1 Å². The Labute approximate surface area is 180 Å². The predicted octanol–water partition coefficient (Wildman–Crippen LogP) is 6.05. The zero-order valence-electron chi connectivity index (χ0n) is 16.7. The lowest BCUT2D eigenvalue weighted by Gasteiger charge is -2.16. The molecular weight excluding hydrogens is 396 g/mol. The molecule has 30 heavy (non-hydrogen) atoms. The predicted molar refractivity (Wildman–Crippen MR) is 121 cm³/mol. The van der Waals surface area contributed by atoms with Gasteiger partial charge in [-0.2, -0.15) is 0 Å². The molecule has 1 atom stereocenters. The van der Waals surface area contributed by atoms with Gasteiger partial charge in [0.1, 0.15) is 5.75 Å². The van der Waals surface area contributed by atoms with E-state index in [0.29, 0.717) is 10.6 Å². The highest BCUT2D eigenvalue weighted by atomic mass is 35.5. The summed E-state index contributed by atoms with van der Waals surface area (Å²) < 4.78 is 5.24. The van der Waals surface area contributed by atoms with Gasteiger partial charge in [0.2, 0.25) is 0 Å². The molecule has 150 valence electrons. The summed E-state index contributed by atoms with van der Waals surface area (Å²) in [5.41, 5.74) is 4.01. The highest BCUT2D eigenvalue weighted by Gasteiger charge is 2.16. The van der Waals surface area contributed by atoms with Gasteiger partial charge >= 0.3 is 0 Å². The van der Waals surface area contributed by atoms with E-state index >= 15 is 0 Å². The Morgan fingerprint density at radius 3 is 2.40 bits per heavy atom. The van der Waals surface area contributed by atoms with Crippen LogP contribution in [0.5, 0.6) is 5.75 Å². The minimum Gasteiger partial charge on any atom is -0.497 e. The van der Waals surface area contributed by atoms with Gasteiger partial charge in [0.15, 0.2) is 0 Å². The first kappa shape index (κ1) is 19.9. The fraction of sp³-hybridized carbons (Fsp3) is 0.120. The molecule has 4 nitrogen and oxygen atoms in total. The maximum Gasteiger partial charge on any atom is 0.252 e. The molecule has 0 spiro atoms. The highest BCUT2D eigenvalue weighted by Crippen LogP contribution is 2.27. The van der Waals surface area contributed by atoms with Gasteiger partial charge in [0, 0.05) is 16.0 Å². The van der Waals surface area contributed by atoms with Crippen LogP contribution in [-0.4, -0.2) is 18.0 Å². The number of para-hydroxylation sites is 1. The third-order valence-electron chi connectivity index (χ3n) is 5.06. The molecular formula is C25H21ClN2O2. The molecule has 5 heteroatoms. The molecule has 0 aliphatic heterocycles. The molecule has 1 aromatic heterocycles. The second kappa shape index (κ2) is 8.56. The molecule has 0 bridgehead atoms. The Balaban J connectivity index is 1.71. The number of methoxy groups -OCH3 is 1. The van der Waals surface area contributed by atoms with E-state index in [9.17, 15) is 4.79 Å². The third kappa shape index (κ3) is 4.14. The van der Waals surface area contributed by atoms with Crippen LogP contribution in [0.3, 0.4) is 0 Å². The maximum absolute atomic E-state index is 13.2. The highest BCUT2D eigenvalue weighted by molar-refractivity contribution is 6.30. The quantitative estimate of drug-likeness (QED) is 0.430. The van der Waals surface area contributed by atoms with E-state index in [1.807, 2.05) is 85.8 Å². The summed E-state index contributed by atoms with van der Waals surface area (Å²) in [6.45, 7) is 1.95. The van der Waals surface area contributed by atoms with Crippen LogP contribution >= 0.6 is 11.6 Å². The van der Waals surface area contributed by atoms with Crippen molar-refractivity contribution in [2.75, 3.05) is 7.11 Å². The lowest BCUT2D eigenvalue weighted by Crippen LogP contribution is -2.27. The Bertz CT molecular complexity index is 1190. The van der Waals surface area contributed by atoms with E-state index in [1.54, 1.807) is 7.11 Å². The number of benzene rings is 3. The minimum absolute atomic E-state index is 0.147. The minimum atomic E-state index is -0.161. The number of hydrogen-bond donors (Lipinski definition) is 1. The number of carbonyl (C=O) groups excluding carboxylic acids is 1. The number of halogens is 1. The normalized spacial score (nSPS) is 11.8. The number of hydrogen-bond acceptors (Lipinski definition) is 3. The molecule has 1 heterocycles. The van der Waals surface area contributed by atoms with Crippen molar-refractivity contribution in [2.24, 2.45) is 0 Å². The average Bonchev–Trinajstić information content (AvgIpc) is 2.78. The van der Waals surface area contributed by atoms with Crippen molar-refractivity contribution in [2.45, 2.75) is 13.0 Å². The van der Waals surface area contributed by atoms with Crippen LogP contribution in [0.15, 0.2) is 78.9 Å². The molecule has 4 aromatic rings. The number of pyridine rings is 1. The Morgan fingerprint density at radius 2 is 1.70 bits per heavy atom. The molecule has 0 saturated carbocycles. The largest absolute Gasteiger partial charge is 0.497 e. The van der Waals surface area contributed by atoms with Gasteiger partial charge in [-0.15, -0.1) is 0 Å². The van der Waals surface area contributed by atoms with Crippen molar-refractivity contribution in [1.82, 2.24) is 10.3 Å². The van der Waals surface area contributed by atoms with Crippen LogP contribution in [0.2, 0.25) is 5.02 Å². The van der Waals surface area contributed by atoms with Crippen molar-refractivity contribution < 1.29 is 9.53 Å². The number of nitrogens with one attached hydrogen (secondary N) is 1. The number of fused-ring (bicyclic) bond motifs is 1. The molecule has 1 amide bonds. The van der Waals surface area contributed by atoms with Crippen LogP contribution in [0.25, 0.3) is 22.2 Å². The Kier molecular flexibility index (Phi) is 5.68. The van der Waals surface area contributed by atoms with E-state index in [1.165, 1.54) is 0 Å². The monoisotopic (exact) mass is 416 g/mol. The number of ether oxygens (including phenoxy) is 1. The molecule has 3 aromatic carbocycles. The zero-order valence-corrected chi connectivity index (χ0v) is 17.5. The lowest BCUT2D eigenvalue weighted by molar-refractivity contribution is 0.0941. The van der Waals surface area contributed by atoms with Gasteiger partial charge in [-0.1, -0.05) is 41.9 Å². The number of amides is 1. The summed E-state index contributed by atoms with van der Waals surface area (Å²) in [4.78, 5) is 18.0. The SMILES string of the molecule is COc1ccc(-c2cc(C(=O)NC(C)c3ccc(Cl)cc3)c3ccccc3n2)cc1. The molecule has 1 N–H and O–H groups in total. The zero-order chi connectivity index (χ0) is 21.1. The second-order valence-electron chi connectivity index (χ2n) is 7.05. The third-order valence-corrected chi connectivity index (χ3v) is 5.32. The van der Waals surface area contributed by atoms with Crippen molar-refractivity contribution in [3.8, 4) is 17.0 Å². The summed E-state index contributed by atoms with van der Waals surface area (Å²) in [5.74, 6) is 0.625. The number of carbonyl (C=O) groups is 1. The molecule has 0 saturated heterocycles. The van der Waals surface area contributed by atoms with Crippen LogP contribution in [0.1, 0.15) is 28.9 Å². The number of rotatable bonds is 5. The second-order valence-corrected chi connectivity index (χ2v) is 7.48. The smallest absolute Gasteiger partial charge is 0.252 e. The maximum atomic E-state index is 13.2. The fourth-order valence-corrected chi connectivity index (χ4v) is 3.51. The molecule has 0 fully saturated rings. The van der Waals surface area contributed by atoms with Gasteiger partial charge in [0.25, 0.3) is 5.91 Å². The summed E-state index contributed by atoms with van der Waals surface area (Å²) in [6.07, 6.45) is 0. The van der Waals surface area contributed by atoms with Gasteiger partial charge in [-0.25, -0.2) is 4.98 Å². The van der Waals surface area contributed by atoms with Crippen LogP contribution in [0, 0.1) is 0 Å². The average molecular weight is 417 g/mol. The summed E-state index contributed by atoms with van der Waals surface area (Å²) in [5, 5.41) is 4.57. The van der Waals surface area contributed by atoms with Crippen molar-refractivity contribution >= 4 is 28.4 Å². The lowest BCUT2D eigenvalue weighted by atomic mass is 10.0. The number of aromatic nitrogens is 1. The molecule has 1 unspecified atom stereocenters. The van der Waals surface area contributed by atoms with Crippen LogP contribution in [-0.2, 0) is 0 Å². The molecule has 0 radical (unpaired) electrons. The van der Waals surface area contributed by atoms with Crippen molar-refractivity contribution in [1.29, 1.82) is 0 Å². The summed E-state index contributed by atoms with van der Waals surface area (Å²) >= 11 is 5.98. The van der Waals surface area contributed by atoms with E-state index in [2.05, 4.69) is 5.32 Å². The fourth-order valence-electron chi connectivity index (χ4n) is 3.38. The van der Waals surface area contributed by atoms with Gasteiger partial charge in [-0.05, 0) is 61.0 Å². The van der Waals surface area contributed by atoms with E-state index in [-0.39, 0.29) is 11.9 Å². The van der Waals surface area contributed by atoms with Crippen molar-refractivity contribution in [3.63, 3.8) is 0 Å². The standard InChI is InChI=1S/C25H21ClN2O2/c1-16(17-7-11-19(26)12-8-17)27-25(29)22-15-24(18-9-13-20(30-2)14-10-18)28-23-6-4-3-5-21(22)23/h3-16H,1-2H3,(H,27,29). The first-order valence-corrected chi connectivity index (χ1v) is 10.0. The first-order chi connectivity index (χ1) is 14.5.